The minimum atomic E-state index is 0.406. The van der Waals surface area contributed by atoms with Crippen LogP contribution in [-0.2, 0) is 0 Å². The van der Waals surface area contributed by atoms with Crippen LogP contribution in [0.4, 0.5) is 0 Å². The molecule has 0 spiro atoms. The largest absolute Gasteiger partial charge is 0.396 e. The van der Waals surface area contributed by atoms with Gasteiger partial charge in [0.25, 0.3) is 0 Å². The smallest absolute Gasteiger partial charge is 0.0462 e. The maximum absolute atomic E-state index is 8.99. The Morgan fingerprint density at radius 3 is 2.50 bits per heavy atom. The van der Waals surface area contributed by atoms with E-state index >= 15 is 0 Å². The second-order valence-corrected chi connectivity index (χ2v) is 3.78. The molecule has 1 aliphatic rings. The van der Waals surface area contributed by atoms with Gasteiger partial charge in [0.15, 0.2) is 0 Å². The van der Waals surface area contributed by atoms with Crippen LogP contribution in [-0.4, -0.2) is 11.7 Å². The molecule has 0 aromatic rings. The molecule has 0 radical (unpaired) electrons. The maximum atomic E-state index is 8.99. The van der Waals surface area contributed by atoms with Gasteiger partial charge in [-0.05, 0) is 30.6 Å². The van der Waals surface area contributed by atoms with E-state index in [1.54, 1.807) is 0 Å². The molecule has 0 heterocycles. The molecule has 1 saturated carbocycles. The Morgan fingerprint density at radius 2 is 2.10 bits per heavy atom. The van der Waals surface area contributed by atoms with Crippen molar-refractivity contribution in [3.63, 3.8) is 0 Å². The summed E-state index contributed by atoms with van der Waals surface area (Å²) in [5, 5.41) is 8.99. The fourth-order valence-electron chi connectivity index (χ4n) is 2.17. The Kier molecular flexibility index (Phi) is 2.72. The highest BCUT2D eigenvalue weighted by molar-refractivity contribution is 4.78. The minimum absolute atomic E-state index is 0.406. The lowest BCUT2D eigenvalue weighted by molar-refractivity contribution is 0.170. The number of hydrogen-bond donors (Lipinski definition) is 1. The summed E-state index contributed by atoms with van der Waals surface area (Å²) in [5.74, 6) is 2.17. The highest BCUT2D eigenvalue weighted by Crippen LogP contribution is 2.36. The normalized spacial score (nSPS) is 33.6. The van der Waals surface area contributed by atoms with Crippen LogP contribution in [0.5, 0.6) is 0 Å². The van der Waals surface area contributed by atoms with Crippen LogP contribution in [0.3, 0.4) is 0 Å². The molecule has 0 saturated heterocycles. The standard InChI is InChI=1S/C9H18O/c1-7(2)9-5-3-4-8(9)6-10/h7-10H,3-6H2,1-2H3/t8-,9+/m0/s1. The first kappa shape index (κ1) is 8.06. The van der Waals surface area contributed by atoms with Gasteiger partial charge in [0.2, 0.25) is 0 Å². The van der Waals surface area contributed by atoms with Gasteiger partial charge in [-0.1, -0.05) is 20.3 Å². The Bertz CT molecular complexity index is 98.9. The molecule has 60 valence electrons. The molecule has 0 aromatic heterocycles. The number of aliphatic hydroxyl groups excluding tert-OH is 1. The zero-order valence-electron chi connectivity index (χ0n) is 7.01. The summed E-state index contributed by atoms with van der Waals surface area (Å²) in [6, 6.07) is 0. The van der Waals surface area contributed by atoms with E-state index < -0.39 is 0 Å². The summed E-state index contributed by atoms with van der Waals surface area (Å²) < 4.78 is 0. The molecular formula is C9H18O. The third-order valence-corrected chi connectivity index (χ3v) is 2.81. The highest BCUT2D eigenvalue weighted by atomic mass is 16.3. The Balaban J connectivity index is 2.42. The van der Waals surface area contributed by atoms with Gasteiger partial charge in [-0.3, -0.25) is 0 Å². The SMILES string of the molecule is CC(C)[C@H]1CCC[C@H]1CO. The van der Waals surface area contributed by atoms with Gasteiger partial charge in [-0.25, -0.2) is 0 Å². The first-order valence-corrected chi connectivity index (χ1v) is 4.36. The van der Waals surface area contributed by atoms with Crippen LogP contribution < -0.4 is 0 Å². The van der Waals surface area contributed by atoms with E-state index in [-0.39, 0.29) is 0 Å². The average Bonchev–Trinajstić information content (AvgIpc) is 2.33. The summed E-state index contributed by atoms with van der Waals surface area (Å²) in [7, 11) is 0. The first-order valence-electron chi connectivity index (χ1n) is 4.36. The average molecular weight is 142 g/mol. The van der Waals surface area contributed by atoms with E-state index in [1.807, 2.05) is 0 Å². The maximum Gasteiger partial charge on any atom is 0.0462 e. The zero-order valence-corrected chi connectivity index (χ0v) is 7.01. The van der Waals surface area contributed by atoms with Crippen LogP contribution in [0.2, 0.25) is 0 Å². The summed E-state index contributed by atoms with van der Waals surface area (Å²) in [4.78, 5) is 0. The Morgan fingerprint density at radius 1 is 1.40 bits per heavy atom. The van der Waals surface area contributed by atoms with E-state index in [4.69, 9.17) is 5.11 Å². The second kappa shape index (κ2) is 3.38. The molecule has 0 aliphatic heterocycles. The van der Waals surface area contributed by atoms with Crippen molar-refractivity contribution in [1.82, 2.24) is 0 Å². The second-order valence-electron chi connectivity index (χ2n) is 3.78. The minimum Gasteiger partial charge on any atom is -0.396 e. The molecule has 1 rings (SSSR count). The van der Waals surface area contributed by atoms with Crippen molar-refractivity contribution in [3.05, 3.63) is 0 Å². The van der Waals surface area contributed by atoms with Crippen LogP contribution in [0.25, 0.3) is 0 Å². The number of aliphatic hydroxyl groups is 1. The third kappa shape index (κ3) is 1.51. The zero-order chi connectivity index (χ0) is 7.56. The Hall–Kier alpha value is -0.0400. The summed E-state index contributed by atoms with van der Waals surface area (Å²) in [5.41, 5.74) is 0. The van der Waals surface area contributed by atoms with Crippen molar-refractivity contribution in [2.24, 2.45) is 17.8 Å². The molecule has 10 heavy (non-hydrogen) atoms. The molecule has 0 amide bonds. The highest BCUT2D eigenvalue weighted by Gasteiger charge is 2.28. The molecular weight excluding hydrogens is 124 g/mol. The van der Waals surface area contributed by atoms with Gasteiger partial charge in [-0.15, -0.1) is 0 Å². The predicted molar refractivity (Wildman–Crippen MR) is 42.8 cm³/mol. The Labute approximate surface area is 63.4 Å². The van der Waals surface area contributed by atoms with E-state index in [0.717, 1.165) is 11.8 Å². The fourth-order valence-corrected chi connectivity index (χ4v) is 2.17. The summed E-state index contributed by atoms with van der Waals surface area (Å²) >= 11 is 0. The van der Waals surface area contributed by atoms with Gasteiger partial charge >= 0.3 is 0 Å². The molecule has 1 N–H and O–H groups in total. The third-order valence-electron chi connectivity index (χ3n) is 2.81. The van der Waals surface area contributed by atoms with Gasteiger partial charge < -0.3 is 5.11 Å². The van der Waals surface area contributed by atoms with Crippen LogP contribution >= 0.6 is 0 Å². The molecule has 1 fully saturated rings. The molecule has 1 nitrogen and oxygen atoms in total. The summed E-state index contributed by atoms with van der Waals surface area (Å²) in [6.07, 6.45) is 3.91. The molecule has 0 unspecified atom stereocenters. The van der Waals surface area contributed by atoms with E-state index in [2.05, 4.69) is 13.8 Å². The fraction of sp³-hybridized carbons (Fsp3) is 1.00. The van der Waals surface area contributed by atoms with Crippen LogP contribution in [0, 0.1) is 17.8 Å². The van der Waals surface area contributed by atoms with Crippen molar-refractivity contribution in [1.29, 1.82) is 0 Å². The monoisotopic (exact) mass is 142 g/mol. The molecule has 1 aliphatic carbocycles. The molecule has 2 atom stereocenters. The predicted octanol–water partition coefficient (Wildman–Crippen LogP) is 2.05. The topological polar surface area (TPSA) is 20.2 Å². The molecule has 0 aromatic carbocycles. The van der Waals surface area contributed by atoms with Gasteiger partial charge in [0.05, 0.1) is 0 Å². The lowest BCUT2D eigenvalue weighted by Gasteiger charge is -2.20. The number of rotatable bonds is 2. The van der Waals surface area contributed by atoms with E-state index in [9.17, 15) is 0 Å². The number of hydrogen-bond acceptors (Lipinski definition) is 1. The molecule has 1 heteroatoms. The van der Waals surface area contributed by atoms with Gasteiger partial charge in [0.1, 0.15) is 0 Å². The van der Waals surface area contributed by atoms with Crippen LogP contribution in [0.15, 0.2) is 0 Å². The quantitative estimate of drug-likeness (QED) is 0.625. The molecule has 0 bridgehead atoms. The van der Waals surface area contributed by atoms with Gasteiger partial charge in [-0.2, -0.15) is 0 Å². The van der Waals surface area contributed by atoms with Crippen molar-refractivity contribution >= 4 is 0 Å². The van der Waals surface area contributed by atoms with Crippen molar-refractivity contribution in [2.75, 3.05) is 6.61 Å². The van der Waals surface area contributed by atoms with E-state index in [1.165, 1.54) is 19.3 Å². The lowest BCUT2D eigenvalue weighted by Crippen LogP contribution is -2.17. The first-order chi connectivity index (χ1) is 4.75. The van der Waals surface area contributed by atoms with Crippen molar-refractivity contribution < 1.29 is 5.11 Å². The van der Waals surface area contributed by atoms with Crippen LogP contribution in [0.1, 0.15) is 33.1 Å². The van der Waals surface area contributed by atoms with Crippen molar-refractivity contribution in [2.45, 2.75) is 33.1 Å². The van der Waals surface area contributed by atoms with Crippen molar-refractivity contribution in [3.8, 4) is 0 Å². The summed E-state index contributed by atoms with van der Waals surface area (Å²) in [6.45, 7) is 4.93. The lowest BCUT2D eigenvalue weighted by atomic mass is 9.87. The van der Waals surface area contributed by atoms with E-state index in [0.29, 0.717) is 12.5 Å². The van der Waals surface area contributed by atoms with Gasteiger partial charge in [0, 0.05) is 6.61 Å².